The molecule has 0 aliphatic heterocycles. The van der Waals surface area contributed by atoms with E-state index in [-0.39, 0.29) is 24.9 Å². The molecule has 0 spiro atoms. The zero-order valence-corrected chi connectivity index (χ0v) is 41.8. The first-order valence-electron chi connectivity index (χ1n) is 27.6. The summed E-state index contributed by atoms with van der Waals surface area (Å²) >= 11 is 0. The second-order valence-electron chi connectivity index (χ2n) is 19.0. The van der Waals surface area contributed by atoms with Gasteiger partial charge in [-0.1, -0.05) is 251 Å². The van der Waals surface area contributed by atoms with Crippen LogP contribution in [0.25, 0.3) is 0 Å². The van der Waals surface area contributed by atoms with Gasteiger partial charge >= 0.3 is 5.97 Å². The van der Waals surface area contributed by atoms with Gasteiger partial charge in [0.05, 0.1) is 25.2 Å². The van der Waals surface area contributed by atoms with Crippen LogP contribution in [0.3, 0.4) is 0 Å². The van der Waals surface area contributed by atoms with Crippen molar-refractivity contribution in [2.45, 2.75) is 315 Å². The molecule has 3 N–H and O–H groups in total. The molecule has 6 nitrogen and oxygen atoms in total. The fraction of sp³-hybridized carbons (Fsp3) is 0.893. The molecular formula is C56H107NO5. The van der Waals surface area contributed by atoms with E-state index < -0.39 is 18.2 Å². The molecule has 0 rings (SSSR count). The summed E-state index contributed by atoms with van der Waals surface area (Å²) in [7, 11) is 0. The second-order valence-corrected chi connectivity index (χ2v) is 19.0. The predicted octanol–water partition coefficient (Wildman–Crippen LogP) is 16.7. The Balaban J connectivity index is 4.54. The Morgan fingerprint density at radius 2 is 0.823 bits per heavy atom. The van der Waals surface area contributed by atoms with Crippen LogP contribution >= 0.6 is 0 Å². The monoisotopic (exact) mass is 874 g/mol. The molecular weight excluding hydrogens is 767 g/mol. The molecule has 6 heteroatoms. The highest BCUT2D eigenvalue weighted by Gasteiger charge is 2.24. The van der Waals surface area contributed by atoms with E-state index in [4.69, 9.17) is 4.74 Å². The van der Waals surface area contributed by atoms with Crippen molar-refractivity contribution in [3.05, 3.63) is 24.3 Å². The second kappa shape index (κ2) is 50.3. The number of allylic oxidation sites excluding steroid dienone is 4. The average molecular weight is 874 g/mol. The zero-order chi connectivity index (χ0) is 45.2. The average Bonchev–Trinajstić information content (AvgIpc) is 3.26. The maximum Gasteiger partial charge on any atom is 0.306 e. The fourth-order valence-electron chi connectivity index (χ4n) is 8.58. The van der Waals surface area contributed by atoms with E-state index in [1.807, 2.05) is 0 Å². The normalized spacial score (nSPS) is 13.3. The Hall–Kier alpha value is -1.66. The number of nitrogens with one attached hydrogen (secondary N) is 1. The zero-order valence-electron chi connectivity index (χ0n) is 41.8. The molecule has 0 saturated heterocycles. The topological polar surface area (TPSA) is 95.9 Å². The Kier molecular flexibility index (Phi) is 49.0. The molecule has 0 saturated carbocycles. The smallest absolute Gasteiger partial charge is 0.306 e. The van der Waals surface area contributed by atoms with Crippen molar-refractivity contribution in [1.29, 1.82) is 0 Å². The number of aliphatic hydroxyl groups is 2. The lowest BCUT2D eigenvalue weighted by atomic mass is 10.0. The minimum absolute atomic E-state index is 0.0803. The summed E-state index contributed by atoms with van der Waals surface area (Å²) in [6.45, 7) is 6.48. The first-order chi connectivity index (χ1) is 30.5. The number of hydrogen-bond acceptors (Lipinski definition) is 5. The highest BCUT2D eigenvalue weighted by molar-refractivity contribution is 5.77. The van der Waals surface area contributed by atoms with Crippen molar-refractivity contribution in [2.24, 2.45) is 0 Å². The lowest BCUT2D eigenvalue weighted by Crippen LogP contribution is -2.46. The summed E-state index contributed by atoms with van der Waals surface area (Å²) in [5.41, 5.74) is 0. The van der Waals surface area contributed by atoms with E-state index in [2.05, 4.69) is 50.4 Å². The van der Waals surface area contributed by atoms with Gasteiger partial charge in [-0.15, -0.1) is 0 Å². The third-order valence-corrected chi connectivity index (χ3v) is 12.8. The molecule has 3 atom stereocenters. The number of aliphatic hydroxyl groups excluding tert-OH is 2. The maximum absolute atomic E-state index is 13.2. The van der Waals surface area contributed by atoms with E-state index >= 15 is 0 Å². The number of unbranched alkanes of at least 4 members (excludes halogenated alkanes) is 34. The molecule has 0 heterocycles. The van der Waals surface area contributed by atoms with E-state index in [1.165, 1.54) is 193 Å². The van der Waals surface area contributed by atoms with Crippen LogP contribution < -0.4 is 5.32 Å². The summed E-state index contributed by atoms with van der Waals surface area (Å²) in [5.74, 6) is -0.465. The van der Waals surface area contributed by atoms with Gasteiger partial charge in [-0.25, -0.2) is 0 Å². The first-order valence-corrected chi connectivity index (χ1v) is 27.6. The third kappa shape index (κ3) is 44.9. The van der Waals surface area contributed by atoms with Crippen LogP contribution in [0.4, 0.5) is 0 Å². The molecule has 0 aromatic carbocycles. The predicted molar refractivity (Wildman–Crippen MR) is 269 cm³/mol. The standard InChI is InChI=1S/C56H107NO5/c1-4-7-10-13-16-19-22-24-26-27-29-31-34-37-40-43-46-49-56(61)62-52(47-44-41-38-35-33-30-28-25-23-20-17-14-11-8-5-2)50-55(60)57-53(51-58)54(59)48-45-42-39-36-32-21-18-15-12-9-6-3/h16,19,24,26,52-54,58-59H,4-15,17-18,20-23,25,27-51H2,1-3H3,(H,57,60)/b19-16-,26-24-. The molecule has 0 radical (unpaired) electrons. The van der Waals surface area contributed by atoms with Gasteiger partial charge in [-0.2, -0.15) is 0 Å². The largest absolute Gasteiger partial charge is 0.462 e. The van der Waals surface area contributed by atoms with Crippen LogP contribution in [0, 0.1) is 0 Å². The van der Waals surface area contributed by atoms with E-state index in [0.29, 0.717) is 19.3 Å². The Bertz CT molecular complexity index is 981. The summed E-state index contributed by atoms with van der Waals surface area (Å²) < 4.78 is 5.95. The van der Waals surface area contributed by atoms with Crippen LogP contribution in [0.15, 0.2) is 24.3 Å². The van der Waals surface area contributed by atoms with Crippen molar-refractivity contribution in [2.75, 3.05) is 6.61 Å². The van der Waals surface area contributed by atoms with Crippen LogP contribution in [-0.2, 0) is 14.3 Å². The quantitative estimate of drug-likeness (QED) is 0.0321. The summed E-state index contributed by atoms with van der Waals surface area (Å²) in [6.07, 6.45) is 58.1. The van der Waals surface area contributed by atoms with E-state index in [9.17, 15) is 19.8 Å². The molecule has 366 valence electrons. The molecule has 0 aromatic heterocycles. The Morgan fingerprint density at radius 3 is 1.26 bits per heavy atom. The van der Waals surface area contributed by atoms with Gasteiger partial charge in [0, 0.05) is 6.42 Å². The highest BCUT2D eigenvalue weighted by atomic mass is 16.5. The lowest BCUT2D eigenvalue weighted by molar-refractivity contribution is -0.151. The molecule has 0 fully saturated rings. The van der Waals surface area contributed by atoms with Gasteiger partial charge in [0.1, 0.15) is 6.10 Å². The maximum atomic E-state index is 13.2. The minimum atomic E-state index is -0.784. The summed E-state index contributed by atoms with van der Waals surface area (Å²) in [5, 5.41) is 23.8. The number of amides is 1. The SMILES string of the molecule is CCCCC/C=C\C/C=C\CCCCCCCCCC(=O)OC(CCCCCCCCCCCCCCCCC)CC(=O)NC(CO)C(O)CCCCCCCCCCCCC. The van der Waals surface area contributed by atoms with Crippen molar-refractivity contribution in [3.8, 4) is 0 Å². The highest BCUT2D eigenvalue weighted by Crippen LogP contribution is 2.19. The van der Waals surface area contributed by atoms with Gasteiger partial charge in [0.25, 0.3) is 0 Å². The van der Waals surface area contributed by atoms with E-state index in [1.54, 1.807) is 0 Å². The molecule has 3 unspecified atom stereocenters. The fourth-order valence-corrected chi connectivity index (χ4v) is 8.58. The van der Waals surface area contributed by atoms with Gasteiger partial charge in [0.2, 0.25) is 5.91 Å². The number of esters is 1. The van der Waals surface area contributed by atoms with Crippen molar-refractivity contribution in [3.63, 3.8) is 0 Å². The summed E-state index contributed by atoms with van der Waals surface area (Å²) in [6, 6.07) is -0.698. The minimum Gasteiger partial charge on any atom is -0.462 e. The van der Waals surface area contributed by atoms with Crippen LogP contribution in [0.2, 0.25) is 0 Å². The van der Waals surface area contributed by atoms with Crippen LogP contribution in [0.1, 0.15) is 297 Å². The van der Waals surface area contributed by atoms with Gasteiger partial charge in [0.15, 0.2) is 0 Å². The molecule has 62 heavy (non-hydrogen) atoms. The number of carbonyl (C=O) groups is 2. The molecule has 0 bridgehead atoms. The molecule has 1 amide bonds. The van der Waals surface area contributed by atoms with Crippen molar-refractivity contribution in [1.82, 2.24) is 5.32 Å². The Morgan fingerprint density at radius 1 is 0.468 bits per heavy atom. The number of carbonyl (C=O) groups excluding carboxylic acids is 2. The molecule has 0 aliphatic rings. The van der Waals surface area contributed by atoms with E-state index in [0.717, 1.165) is 57.8 Å². The lowest BCUT2D eigenvalue weighted by Gasteiger charge is -2.24. The summed E-state index contributed by atoms with van der Waals surface area (Å²) in [4.78, 5) is 26.2. The van der Waals surface area contributed by atoms with Gasteiger partial charge < -0.3 is 20.3 Å². The first kappa shape index (κ1) is 60.3. The van der Waals surface area contributed by atoms with Crippen molar-refractivity contribution >= 4 is 11.9 Å². The number of rotatable bonds is 50. The number of hydrogen-bond donors (Lipinski definition) is 3. The van der Waals surface area contributed by atoms with Gasteiger partial charge in [-0.05, 0) is 57.8 Å². The molecule has 0 aliphatic carbocycles. The van der Waals surface area contributed by atoms with Crippen LogP contribution in [-0.4, -0.2) is 46.9 Å². The van der Waals surface area contributed by atoms with Gasteiger partial charge in [-0.3, -0.25) is 9.59 Å². The molecule has 0 aromatic rings. The Labute approximate surface area is 386 Å². The van der Waals surface area contributed by atoms with Crippen molar-refractivity contribution < 1.29 is 24.5 Å². The van der Waals surface area contributed by atoms with Crippen LogP contribution in [0.5, 0.6) is 0 Å². The third-order valence-electron chi connectivity index (χ3n) is 12.8. The number of ether oxygens (including phenoxy) is 1.